The van der Waals surface area contributed by atoms with Gasteiger partial charge in [-0.3, -0.25) is 14.5 Å². The molecule has 1 saturated carbocycles. The summed E-state index contributed by atoms with van der Waals surface area (Å²) in [5.41, 5.74) is 8.64. The summed E-state index contributed by atoms with van der Waals surface area (Å²) in [7, 11) is -4.27. The maximum atomic E-state index is 12.9. The molecule has 0 bridgehead atoms. The molecule has 6 fully saturated rings. The second kappa shape index (κ2) is 42.7. The van der Waals surface area contributed by atoms with Crippen molar-refractivity contribution in [1.29, 1.82) is 0 Å². The molecule has 1 aliphatic carbocycles. The van der Waals surface area contributed by atoms with Crippen molar-refractivity contribution in [3.05, 3.63) is 173 Å². The monoisotopic (exact) mass is 1840 g/mol. The summed E-state index contributed by atoms with van der Waals surface area (Å²) in [5.74, 6) is 5.40. The number of benzene rings is 6. The summed E-state index contributed by atoms with van der Waals surface area (Å²) >= 11 is 19.3. The van der Waals surface area contributed by atoms with Crippen molar-refractivity contribution >= 4 is 159 Å². The lowest BCUT2D eigenvalue weighted by molar-refractivity contribution is 0.0825. The van der Waals surface area contributed by atoms with Crippen molar-refractivity contribution in [2.24, 2.45) is 5.92 Å². The van der Waals surface area contributed by atoms with E-state index in [0.717, 1.165) is 147 Å². The minimum atomic E-state index is -2.52. The van der Waals surface area contributed by atoms with Crippen LogP contribution in [-0.2, 0) is 13.7 Å². The van der Waals surface area contributed by atoms with Crippen LogP contribution in [0.2, 0.25) is 15.1 Å². The van der Waals surface area contributed by atoms with Crippen LogP contribution in [0.4, 0.5) is 85.6 Å². The van der Waals surface area contributed by atoms with E-state index >= 15 is 0 Å². The van der Waals surface area contributed by atoms with Gasteiger partial charge in [0.25, 0.3) is 0 Å². The molecular formula is C92H120Cl3N22O7P3. The van der Waals surface area contributed by atoms with Gasteiger partial charge in [-0.05, 0) is 209 Å². The molecular weight excluding hydrogens is 1720 g/mol. The van der Waals surface area contributed by atoms with Crippen molar-refractivity contribution in [2.75, 3.05) is 201 Å². The first-order chi connectivity index (χ1) is 61.1. The number of amides is 2. The number of halogens is 3. The first kappa shape index (κ1) is 93.4. The highest BCUT2D eigenvalue weighted by Crippen LogP contribution is 2.44. The Kier molecular flexibility index (Phi) is 31.4. The Hall–Kier alpha value is -9.76. The summed E-state index contributed by atoms with van der Waals surface area (Å²) in [4.78, 5) is 53.9. The van der Waals surface area contributed by atoms with Crippen molar-refractivity contribution in [3.63, 3.8) is 0 Å². The minimum Gasteiger partial charge on any atom is -0.495 e. The fourth-order valence-corrected chi connectivity index (χ4v) is 20.7. The fourth-order valence-electron chi connectivity index (χ4n) is 16.8. The smallest absolute Gasteiger partial charge is 0.317 e. The zero-order valence-electron chi connectivity index (χ0n) is 74.5. The number of piperidine rings is 3. The first-order valence-electron chi connectivity index (χ1n) is 43.9. The van der Waals surface area contributed by atoms with Gasteiger partial charge in [0.1, 0.15) is 53.7 Å². The molecule has 127 heavy (non-hydrogen) atoms. The van der Waals surface area contributed by atoms with Gasteiger partial charge in [0.05, 0.1) is 85.3 Å². The number of carbonyl (C=O) groups is 1. The number of ether oxygens (including phenoxy) is 3. The van der Waals surface area contributed by atoms with E-state index in [1.165, 1.54) is 76.5 Å². The van der Waals surface area contributed by atoms with Gasteiger partial charge in [0.2, 0.25) is 17.8 Å². The zero-order valence-corrected chi connectivity index (χ0v) is 79.4. The molecule has 4 aromatic heterocycles. The maximum Gasteiger partial charge on any atom is 0.317 e. The molecule has 0 radical (unpaired) electrons. The number of para-hydroxylation sites is 3. The summed E-state index contributed by atoms with van der Waals surface area (Å²) < 4.78 is 58.2. The molecule has 0 unspecified atom stereocenters. The van der Waals surface area contributed by atoms with E-state index in [1.807, 2.05) is 141 Å². The van der Waals surface area contributed by atoms with Crippen LogP contribution >= 0.6 is 56.2 Å². The summed E-state index contributed by atoms with van der Waals surface area (Å²) in [5, 5.41) is 33.7. The molecule has 676 valence electrons. The third kappa shape index (κ3) is 25.0. The van der Waals surface area contributed by atoms with E-state index in [4.69, 9.17) is 49.0 Å². The van der Waals surface area contributed by atoms with Crippen LogP contribution in [0.15, 0.2) is 158 Å². The summed E-state index contributed by atoms with van der Waals surface area (Å²) in [6.45, 7) is 32.7. The second-order valence-corrected chi connectivity index (χ2v) is 45.2. The predicted molar refractivity (Wildman–Crippen MR) is 521 cm³/mol. The van der Waals surface area contributed by atoms with E-state index in [9.17, 15) is 18.5 Å². The van der Waals surface area contributed by atoms with Crippen molar-refractivity contribution in [3.8, 4) is 28.4 Å². The fraction of sp³-hybridized carbons (Fsp3) is 0.435. The number of nitrogens with one attached hydrogen (secondary N) is 8. The molecule has 6 aliphatic rings. The van der Waals surface area contributed by atoms with Gasteiger partial charge >= 0.3 is 6.03 Å². The third-order valence-corrected chi connectivity index (χ3v) is 29.2. The van der Waals surface area contributed by atoms with Crippen LogP contribution in [0.3, 0.4) is 0 Å². The highest BCUT2D eigenvalue weighted by molar-refractivity contribution is 7.71. The molecule has 6 aromatic carbocycles. The number of nitrogens with zero attached hydrogens (tertiary/aromatic N) is 14. The Morgan fingerprint density at radius 2 is 0.874 bits per heavy atom. The Balaban J connectivity index is 0.000000155. The van der Waals surface area contributed by atoms with E-state index in [2.05, 4.69) is 131 Å². The number of urea groups is 1. The lowest BCUT2D eigenvalue weighted by Crippen LogP contribution is -2.56. The van der Waals surface area contributed by atoms with Crippen LogP contribution in [-0.4, -0.2) is 242 Å². The SMILES string of the molecule is CC(C)Oc1cc(N2CCC(N3CCN(CC4CC4)CC3)CC2)ccc1Nc1ncc(Cl)c(Nc2ccccc2P(C)(C)=O)n1.CCNC(=O)N1CCN(C2CCN(c3ccc(Nc4ncc(Cl)c(Nc5ccccc5P(C)(C)=O)n4)c(OC)c3)CC2)CC1.COc1cc(-c2cnn(C3CCNCC3)c2)ccc1Nc1ncc(Cl)c(Nc2ccccc2P(C)(C)=O)n1. The molecule has 10 aromatic rings. The van der Waals surface area contributed by atoms with Gasteiger partial charge in [-0.2, -0.15) is 20.1 Å². The third-order valence-electron chi connectivity index (χ3n) is 23.8. The Labute approximate surface area is 761 Å². The van der Waals surface area contributed by atoms with Crippen LogP contribution in [0.1, 0.15) is 78.2 Å². The number of methoxy groups -OCH3 is 2. The van der Waals surface area contributed by atoms with Gasteiger partial charge in [0, 0.05) is 155 Å². The lowest BCUT2D eigenvalue weighted by atomic mass is 10.0. The van der Waals surface area contributed by atoms with Gasteiger partial charge < -0.3 is 90.0 Å². The van der Waals surface area contributed by atoms with E-state index < -0.39 is 21.4 Å². The summed E-state index contributed by atoms with van der Waals surface area (Å²) in [6.07, 6.45) is 18.2. The molecule has 29 nitrogen and oxygen atoms in total. The molecule has 5 saturated heterocycles. The quantitative estimate of drug-likeness (QED) is 0.0211. The topological polar surface area (TPSA) is 307 Å². The van der Waals surface area contributed by atoms with Crippen LogP contribution in [0.5, 0.6) is 17.2 Å². The predicted octanol–water partition coefficient (Wildman–Crippen LogP) is 17.5. The molecule has 35 heteroatoms. The number of hydrogen-bond donors (Lipinski definition) is 8. The highest BCUT2D eigenvalue weighted by atomic mass is 35.5. The average Bonchev–Trinajstić information content (AvgIpc) is 1.64. The van der Waals surface area contributed by atoms with Gasteiger partial charge in [-0.15, -0.1) is 0 Å². The van der Waals surface area contributed by atoms with Gasteiger partial charge in [-0.25, -0.2) is 19.7 Å². The Morgan fingerprint density at radius 1 is 0.465 bits per heavy atom. The van der Waals surface area contributed by atoms with E-state index in [1.54, 1.807) is 60.4 Å². The number of aromatic nitrogens is 8. The maximum absolute atomic E-state index is 12.9. The molecule has 2 amide bonds. The van der Waals surface area contributed by atoms with E-state index in [0.29, 0.717) is 109 Å². The minimum absolute atomic E-state index is 0.00348. The van der Waals surface area contributed by atoms with Crippen molar-refractivity contribution in [2.45, 2.75) is 96.4 Å². The molecule has 9 heterocycles. The highest BCUT2D eigenvalue weighted by Gasteiger charge is 2.34. The van der Waals surface area contributed by atoms with Gasteiger partial charge in [-0.1, -0.05) is 77.3 Å². The van der Waals surface area contributed by atoms with Crippen LogP contribution < -0.4 is 82.5 Å². The number of hydrogen-bond acceptors (Lipinski definition) is 26. The number of piperazine rings is 2. The molecule has 8 N–H and O–H groups in total. The molecule has 0 spiro atoms. The lowest BCUT2D eigenvalue weighted by Gasteiger charge is -2.43. The van der Waals surface area contributed by atoms with Crippen LogP contribution in [0.25, 0.3) is 11.1 Å². The summed E-state index contributed by atoms with van der Waals surface area (Å²) in [6, 6.07) is 42.4. The standard InChI is InChI=1S/C34H47ClN7O2P.C31H42ClN8O3P.C27H31ClN7O2P/c1-24(2)44-31-21-27(41-15-13-26(14-16-41)42-19-17-40(18-20-42)23-25-9-10-25)11-12-29(31)38-34-36-22-28(35)33(39-34)37-30-7-5-6-8-32(30)45(3,4)43;1-5-33-31(41)40-18-16-39(17-19-40)22-12-14-38(15-13-22)23-10-11-25(27(20-23)43-2)36-30-34-21-24(32)29(37-30)35-26-8-6-7-9-28(26)44(3,4)42;1-37-24-14-18(19-15-31-35(17-19)20-10-12-29-13-11-20)8-9-22(24)33-27-30-16-21(28)26(34-27)32-23-6-4-5-7-25(23)38(2,3)36/h5-8,11-12,21-22,24-26H,9-10,13-20,23H2,1-4H3,(H2,36,37,38,39);6-11,20-22H,5,12-19H2,1-4H3,(H,33,41)(H2,34,35,36,37);4-9,14-17,20,29H,10-13H2,1-3H3,(H2,30,32,33,34). The van der Waals surface area contributed by atoms with Crippen molar-refractivity contribution < 1.29 is 32.7 Å². The molecule has 16 rings (SSSR count). The number of anilines is 14. The largest absolute Gasteiger partial charge is 0.495 e. The molecule has 5 aliphatic heterocycles. The van der Waals surface area contributed by atoms with Crippen LogP contribution in [0, 0.1) is 5.92 Å². The second-order valence-electron chi connectivity index (χ2n) is 34.4. The van der Waals surface area contributed by atoms with Gasteiger partial charge in [0.15, 0.2) is 17.5 Å². The Bertz CT molecular complexity index is 5560. The van der Waals surface area contributed by atoms with E-state index in [-0.39, 0.29) is 12.1 Å². The Morgan fingerprint density at radius 3 is 1.29 bits per heavy atom. The molecule has 0 atom stereocenters. The average molecular weight is 1850 g/mol. The zero-order chi connectivity index (χ0) is 89.5. The normalized spacial score (nSPS) is 16.6. The van der Waals surface area contributed by atoms with Crippen molar-refractivity contribution in [1.82, 2.24) is 69.9 Å². The number of carbonyl (C=O) groups excluding carboxylic acids is 1. The number of rotatable bonds is 28. The first-order valence-corrected chi connectivity index (χ1v) is 52.8.